The van der Waals surface area contributed by atoms with Gasteiger partial charge in [0.2, 0.25) is 0 Å². The van der Waals surface area contributed by atoms with E-state index < -0.39 is 29.6 Å². The Bertz CT molecular complexity index is 802. The lowest BCUT2D eigenvalue weighted by atomic mass is 10.1. The Morgan fingerprint density at radius 3 is 2.52 bits per heavy atom. The Hall–Kier alpha value is -2.77. The van der Waals surface area contributed by atoms with E-state index in [4.69, 9.17) is 9.26 Å². The van der Waals surface area contributed by atoms with Crippen LogP contribution in [0.4, 0.5) is 14.5 Å². The zero-order valence-electron chi connectivity index (χ0n) is 14.2. The fourth-order valence-electron chi connectivity index (χ4n) is 2.13. The molecule has 0 bridgehead atoms. The molecular weight excluding hydrogens is 334 g/mol. The Labute approximate surface area is 143 Å². The molecule has 1 N–H and O–H groups in total. The maximum Gasteiger partial charge on any atom is 0.344 e. The summed E-state index contributed by atoms with van der Waals surface area (Å²) in [5.74, 6) is -2.94. The average Bonchev–Trinajstić information content (AvgIpc) is 2.91. The summed E-state index contributed by atoms with van der Waals surface area (Å²) in [6.45, 7) is 6.57. The first-order valence-electron chi connectivity index (χ1n) is 7.63. The maximum absolute atomic E-state index is 13.6. The summed E-state index contributed by atoms with van der Waals surface area (Å²) in [7, 11) is 0. The number of amides is 1. The van der Waals surface area contributed by atoms with Crippen molar-refractivity contribution >= 4 is 17.6 Å². The van der Waals surface area contributed by atoms with E-state index in [1.165, 1.54) is 6.92 Å². The van der Waals surface area contributed by atoms with Crippen LogP contribution in [-0.4, -0.2) is 23.1 Å². The lowest BCUT2D eigenvalue weighted by molar-refractivity contribution is -0.123. The smallest absolute Gasteiger partial charge is 0.344 e. The third kappa shape index (κ3) is 4.20. The van der Waals surface area contributed by atoms with Crippen LogP contribution in [0.5, 0.6) is 0 Å². The van der Waals surface area contributed by atoms with Crippen molar-refractivity contribution in [2.24, 2.45) is 0 Å². The second kappa shape index (κ2) is 7.42. The Kier molecular flexibility index (Phi) is 5.51. The SMILES string of the molecule is Cc1noc(C(C)C)c1C(=O)O[C@H](C)C(=O)Nc1ccc(F)cc1F. The monoisotopic (exact) mass is 352 g/mol. The minimum Gasteiger partial charge on any atom is -0.449 e. The van der Waals surface area contributed by atoms with Gasteiger partial charge >= 0.3 is 5.97 Å². The van der Waals surface area contributed by atoms with Crippen molar-refractivity contribution < 1.29 is 27.6 Å². The van der Waals surface area contributed by atoms with Gasteiger partial charge in [-0.3, -0.25) is 4.79 Å². The third-order valence-corrected chi connectivity index (χ3v) is 3.46. The summed E-state index contributed by atoms with van der Waals surface area (Å²) in [6.07, 6.45) is -1.20. The minimum absolute atomic E-state index is 0.0961. The summed E-state index contributed by atoms with van der Waals surface area (Å²) in [5.41, 5.74) is 0.312. The van der Waals surface area contributed by atoms with E-state index >= 15 is 0 Å². The minimum atomic E-state index is -1.20. The quantitative estimate of drug-likeness (QED) is 0.832. The Balaban J connectivity index is 2.08. The summed E-state index contributed by atoms with van der Waals surface area (Å²) in [5, 5.41) is 5.98. The van der Waals surface area contributed by atoms with Crippen molar-refractivity contribution in [3.8, 4) is 0 Å². The average molecular weight is 352 g/mol. The van der Waals surface area contributed by atoms with Gasteiger partial charge in [0, 0.05) is 12.0 Å². The molecule has 1 amide bonds. The van der Waals surface area contributed by atoms with Crippen LogP contribution in [0.1, 0.15) is 48.5 Å². The molecule has 0 saturated carbocycles. The van der Waals surface area contributed by atoms with E-state index in [9.17, 15) is 18.4 Å². The lowest BCUT2D eigenvalue weighted by Crippen LogP contribution is -2.30. The van der Waals surface area contributed by atoms with Gasteiger partial charge in [0.25, 0.3) is 5.91 Å². The highest BCUT2D eigenvalue weighted by atomic mass is 19.1. The molecule has 0 spiro atoms. The number of carbonyl (C=O) groups is 2. The van der Waals surface area contributed by atoms with Crippen LogP contribution in [0.3, 0.4) is 0 Å². The van der Waals surface area contributed by atoms with Crippen molar-refractivity contribution in [2.45, 2.75) is 39.7 Å². The predicted octanol–water partition coefficient (Wildman–Crippen LogP) is 3.57. The largest absolute Gasteiger partial charge is 0.449 e. The highest BCUT2D eigenvalue weighted by molar-refractivity contribution is 5.98. The molecule has 2 rings (SSSR count). The van der Waals surface area contributed by atoms with E-state index in [1.807, 2.05) is 13.8 Å². The number of hydrogen-bond donors (Lipinski definition) is 1. The van der Waals surface area contributed by atoms with E-state index in [0.29, 0.717) is 17.5 Å². The number of hydrogen-bond acceptors (Lipinski definition) is 5. The number of esters is 1. The number of aromatic nitrogens is 1. The number of nitrogens with one attached hydrogen (secondary N) is 1. The molecule has 1 heterocycles. The van der Waals surface area contributed by atoms with Gasteiger partial charge in [0.05, 0.1) is 11.4 Å². The molecule has 8 heteroatoms. The van der Waals surface area contributed by atoms with Gasteiger partial charge in [-0.1, -0.05) is 19.0 Å². The van der Waals surface area contributed by atoms with Gasteiger partial charge in [0.1, 0.15) is 17.2 Å². The summed E-state index contributed by atoms with van der Waals surface area (Å²) in [4.78, 5) is 24.4. The Morgan fingerprint density at radius 1 is 1.24 bits per heavy atom. The predicted molar refractivity (Wildman–Crippen MR) is 85.2 cm³/mol. The molecule has 0 aliphatic rings. The van der Waals surface area contributed by atoms with Crippen molar-refractivity contribution in [1.29, 1.82) is 0 Å². The van der Waals surface area contributed by atoms with Crippen LogP contribution in [0.2, 0.25) is 0 Å². The number of halogens is 2. The fourth-order valence-corrected chi connectivity index (χ4v) is 2.13. The number of carbonyl (C=O) groups excluding carboxylic acids is 2. The molecule has 2 aromatic rings. The molecule has 0 unspecified atom stereocenters. The second-order valence-electron chi connectivity index (χ2n) is 5.82. The first-order chi connectivity index (χ1) is 11.7. The second-order valence-corrected chi connectivity index (χ2v) is 5.82. The normalized spacial score (nSPS) is 12.1. The molecule has 0 aliphatic heterocycles. The van der Waals surface area contributed by atoms with Crippen LogP contribution < -0.4 is 5.32 Å². The van der Waals surface area contributed by atoms with E-state index in [-0.39, 0.29) is 17.2 Å². The topological polar surface area (TPSA) is 81.4 Å². The van der Waals surface area contributed by atoms with Crippen molar-refractivity contribution in [3.63, 3.8) is 0 Å². The number of anilines is 1. The molecule has 0 saturated heterocycles. The van der Waals surface area contributed by atoms with Crippen LogP contribution in [-0.2, 0) is 9.53 Å². The number of ether oxygens (including phenoxy) is 1. The van der Waals surface area contributed by atoms with Gasteiger partial charge in [-0.25, -0.2) is 13.6 Å². The highest BCUT2D eigenvalue weighted by Crippen LogP contribution is 2.23. The van der Waals surface area contributed by atoms with Crippen molar-refractivity contribution in [3.05, 3.63) is 46.9 Å². The van der Waals surface area contributed by atoms with Crippen LogP contribution in [0.25, 0.3) is 0 Å². The van der Waals surface area contributed by atoms with Gasteiger partial charge in [-0.15, -0.1) is 0 Å². The molecule has 0 radical (unpaired) electrons. The summed E-state index contributed by atoms with van der Waals surface area (Å²) < 4.78 is 36.7. The molecule has 1 atom stereocenters. The zero-order chi connectivity index (χ0) is 18.7. The standard InChI is InChI=1S/C17H18F2N2O4/c1-8(2)15-14(9(3)21-25-15)17(23)24-10(4)16(22)20-13-6-5-11(18)7-12(13)19/h5-8,10H,1-4H3,(H,20,22)/t10-/m1/s1. The molecule has 0 aliphatic carbocycles. The zero-order valence-corrected chi connectivity index (χ0v) is 14.2. The van der Waals surface area contributed by atoms with Gasteiger partial charge in [-0.05, 0) is 26.0 Å². The lowest BCUT2D eigenvalue weighted by Gasteiger charge is -2.14. The van der Waals surface area contributed by atoms with Crippen LogP contribution >= 0.6 is 0 Å². The number of nitrogens with zero attached hydrogens (tertiary/aromatic N) is 1. The highest BCUT2D eigenvalue weighted by Gasteiger charge is 2.27. The summed E-state index contributed by atoms with van der Waals surface area (Å²) in [6, 6.07) is 2.73. The maximum atomic E-state index is 13.6. The molecule has 25 heavy (non-hydrogen) atoms. The number of rotatable bonds is 5. The number of benzene rings is 1. The van der Waals surface area contributed by atoms with Crippen molar-refractivity contribution in [1.82, 2.24) is 5.16 Å². The molecule has 1 aromatic heterocycles. The molecule has 6 nitrogen and oxygen atoms in total. The molecule has 134 valence electrons. The van der Waals surface area contributed by atoms with Crippen molar-refractivity contribution in [2.75, 3.05) is 5.32 Å². The van der Waals surface area contributed by atoms with Gasteiger partial charge in [-0.2, -0.15) is 0 Å². The van der Waals surface area contributed by atoms with Crippen LogP contribution in [0, 0.1) is 18.6 Å². The Morgan fingerprint density at radius 2 is 1.92 bits per heavy atom. The summed E-state index contributed by atoms with van der Waals surface area (Å²) >= 11 is 0. The van der Waals surface area contributed by atoms with Gasteiger partial charge < -0.3 is 14.6 Å². The fraction of sp³-hybridized carbons (Fsp3) is 0.353. The first-order valence-corrected chi connectivity index (χ1v) is 7.63. The van der Waals surface area contributed by atoms with E-state index in [0.717, 1.165) is 12.1 Å². The number of aryl methyl sites for hydroxylation is 1. The molecule has 0 fully saturated rings. The van der Waals surface area contributed by atoms with E-state index in [2.05, 4.69) is 10.5 Å². The molecular formula is C17H18F2N2O4. The molecule has 1 aromatic carbocycles. The van der Waals surface area contributed by atoms with E-state index in [1.54, 1.807) is 6.92 Å². The van der Waals surface area contributed by atoms with Gasteiger partial charge in [0.15, 0.2) is 11.9 Å². The first kappa shape index (κ1) is 18.6. The third-order valence-electron chi connectivity index (χ3n) is 3.46. The van der Waals surface area contributed by atoms with Crippen LogP contribution in [0.15, 0.2) is 22.7 Å².